The van der Waals surface area contributed by atoms with Gasteiger partial charge in [0.25, 0.3) is 0 Å². The molecule has 21 heavy (non-hydrogen) atoms. The van der Waals surface area contributed by atoms with Crippen LogP contribution in [0.2, 0.25) is 0 Å². The third kappa shape index (κ3) is 16.2. The quantitative estimate of drug-likeness (QED) is 0.318. The Hall–Kier alpha value is -0.0400. The van der Waals surface area contributed by atoms with Crippen molar-refractivity contribution in [1.29, 1.82) is 0 Å². The molecule has 1 heteroatoms. The molecule has 0 aromatic heterocycles. The van der Waals surface area contributed by atoms with E-state index in [1.54, 1.807) is 0 Å². The monoisotopic (exact) mass is 297 g/mol. The Morgan fingerprint density at radius 3 is 1.71 bits per heavy atom. The van der Waals surface area contributed by atoms with Crippen molar-refractivity contribution in [3.63, 3.8) is 0 Å². The van der Waals surface area contributed by atoms with Crippen molar-refractivity contribution in [3.8, 4) is 0 Å². The Kier molecular flexibility index (Phi) is 16.3. The summed E-state index contributed by atoms with van der Waals surface area (Å²) in [4.78, 5) is 0. The summed E-state index contributed by atoms with van der Waals surface area (Å²) in [5.41, 5.74) is 0. The topological polar surface area (TPSA) is 12.0 Å². The predicted molar refractivity (Wildman–Crippen MR) is 97.9 cm³/mol. The van der Waals surface area contributed by atoms with Crippen LogP contribution in [0.4, 0.5) is 0 Å². The van der Waals surface area contributed by atoms with Crippen LogP contribution in [-0.2, 0) is 0 Å². The fourth-order valence-electron chi connectivity index (χ4n) is 3.24. The average molecular weight is 298 g/mol. The molecule has 0 saturated carbocycles. The summed E-state index contributed by atoms with van der Waals surface area (Å²) in [5.74, 6) is 1.75. The first-order chi connectivity index (χ1) is 10.2. The van der Waals surface area contributed by atoms with Gasteiger partial charge in [0.15, 0.2) is 0 Å². The van der Waals surface area contributed by atoms with Gasteiger partial charge in [-0.25, -0.2) is 0 Å². The largest absolute Gasteiger partial charge is 0.317 e. The zero-order chi connectivity index (χ0) is 15.8. The molecule has 0 rings (SSSR count). The predicted octanol–water partition coefficient (Wildman–Crippen LogP) is 6.57. The van der Waals surface area contributed by atoms with Crippen molar-refractivity contribution in [1.82, 2.24) is 5.32 Å². The Bertz CT molecular complexity index is 188. The molecular formula is C20H43N. The standard InChI is InChI=1S/C20H43N/c1-5-7-8-9-10-11-12-13-14-15-16-20(17-19(3)4)18-21-6-2/h19-21H,5-18H2,1-4H3. The van der Waals surface area contributed by atoms with Gasteiger partial charge in [-0.2, -0.15) is 0 Å². The molecule has 0 fully saturated rings. The van der Waals surface area contributed by atoms with E-state index in [1.807, 2.05) is 0 Å². The SMILES string of the molecule is CCCCCCCCCCCCC(CNCC)CC(C)C. The van der Waals surface area contributed by atoms with Gasteiger partial charge in [-0.1, -0.05) is 91.9 Å². The van der Waals surface area contributed by atoms with Crippen molar-refractivity contribution < 1.29 is 0 Å². The Balaban J connectivity index is 3.40. The van der Waals surface area contributed by atoms with E-state index in [1.165, 1.54) is 83.6 Å². The van der Waals surface area contributed by atoms with Crippen LogP contribution < -0.4 is 5.32 Å². The fraction of sp³-hybridized carbons (Fsp3) is 1.00. The molecule has 0 aliphatic rings. The summed E-state index contributed by atoms with van der Waals surface area (Å²) in [6, 6.07) is 0. The Morgan fingerprint density at radius 2 is 1.24 bits per heavy atom. The summed E-state index contributed by atoms with van der Waals surface area (Å²) >= 11 is 0. The highest BCUT2D eigenvalue weighted by Gasteiger charge is 2.09. The minimum atomic E-state index is 0.844. The summed E-state index contributed by atoms with van der Waals surface area (Å²) in [6.45, 7) is 11.6. The lowest BCUT2D eigenvalue weighted by Gasteiger charge is -2.19. The molecule has 1 unspecified atom stereocenters. The first-order valence-corrected chi connectivity index (χ1v) is 9.91. The second-order valence-corrected chi connectivity index (χ2v) is 7.27. The van der Waals surface area contributed by atoms with E-state index in [0.29, 0.717) is 0 Å². The third-order valence-electron chi connectivity index (χ3n) is 4.45. The maximum atomic E-state index is 3.54. The normalized spacial score (nSPS) is 13.0. The van der Waals surface area contributed by atoms with E-state index in [0.717, 1.165) is 18.4 Å². The third-order valence-corrected chi connectivity index (χ3v) is 4.45. The van der Waals surface area contributed by atoms with E-state index in [-0.39, 0.29) is 0 Å². The zero-order valence-electron chi connectivity index (χ0n) is 15.6. The van der Waals surface area contributed by atoms with Crippen LogP contribution in [-0.4, -0.2) is 13.1 Å². The first kappa shape index (κ1) is 21.0. The maximum absolute atomic E-state index is 3.54. The van der Waals surface area contributed by atoms with Crippen LogP contribution in [0.15, 0.2) is 0 Å². The van der Waals surface area contributed by atoms with Crippen LogP contribution in [0.25, 0.3) is 0 Å². The molecule has 0 aliphatic carbocycles. The highest BCUT2D eigenvalue weighted by Crippen LogP contribution is 2.19. The molecule has 1 N–H and O–H groups in total. The van der Waals surface area contributed by atoms with Gasteiger partial charge in [-0.3, -0.25) is 0 Å². The van der Waals surface area contributed by atoms with E-state index < -0.39 is 0 Å². The van der Waals surface area contributed by atoms with Crippen LogP contribution in [0.1, 0.15) is 105 Å². The molecule has 0 aliphatic heterocycles. The van der Waals surface area contributed by atoms with Crippen molar-refractivity contribution in [2.75, 3.05) is 13.1 Å². The van der Waals surface area contributed by atoms with E-state index in [9.17, 15) is 0 Å². The van der Waals surface area contributed by atoms with Crippen LogP contribution in [0.5, 0.6) is 0 Å². The Labute approximate surface area is 135 Å². The average Bonchev–Trinajstić information content (AvgIpc) is 2.46. The minimum absolute atomic E-state index is 0.844. The lowest BCUT2D eigenvalue weighted by Crippen LogP contribution is -2.23. The lowest BCUT2D eigenvalue weighted by atomic mass is 9.91. The number of hydrogen-bond acceptors (Lipinski definition) is 1. The van der Waals surface area contributed by atoms with Gasteiger partial charge in [-0.15, -0.1) is 0 Å². The van der Waals surface area contributed by atoms with Crippen LogP contribution in [0, 0.1) is 11.8 Å². The molecule has 128 valence electrons. The summed E-state index contributed by atoms with van der Waals surface area (Å²) in [6.07, 6.45) is 17.3. The van der Waals surface area contributed by atoms with Gasteiger partial charge < -0.3 is 5.32 Å². The molecule has 1 nitrogen and oxygen atoms in total. The van der Waals surface area contributed by atoms with Crippen LogP contribution >= 0.6 is 0 Å². The Morgan fingerprint density at radius 1 is 0.714 bits per heavy atom. The lowest BCUT2D eigenvalue weighted by molar-refractivity contribution is 0.356. The van der Waals surface area contributed by atoms with Gasteiger partial charge in [-0.05, 0) is 37.8 Å². The molecule has 0 saturated heterocycles. The summed E-state index contributed by atoms with van der Waals surface area (Å²) < 4.78 is 0. The molecule has 0 aromatic rings. The van der Waals surface area contributed by atoms with Gasteiger partial charge in [0.05, 0.1) is 0 Å². The smallest absolute Gasteiger partial charge is 0.00205 e. The zero-order valence-corrected chi connectivity index (χ0v) is 15.6. The van der Waals surface area contributed by atoms with Gasteiger partial charge in [0, 0.05) is 0 Å². The molecular weight excluding hydrogens is 254 g/mol. The first-order valence-electron chi connectivity index (χ1n) is 9.91. The molecule has 0 spiro atoms. The highest BCUT2D eigenvalue weighted by molar-refractivity contribution is 4.64. The van der Waals surface area contributed by atoms with E-state index in [4.69, 9.17) is 0 Å². The van der Waals surface area contributed by atoms with Gasteiger partial charge in [0.1, 0.15) is 0 Å². The van der Waals surface area contributed by atoms with Gasteiger partial charge in [0.2, 0.25) is 0 Å². The molecule has 1 atom stereocenters. The van der Waals surface area contributed by atoms with Crippen molar-refractivity contribution >= 4 is 0 Å². The summed E-state index contributed by atoms with van der Waals surface area (Å²) in [7, 11) is 0. The fourth-order valence-corrected chi connectivity index (χ4v) is 3.24. The molecule has 0 heterocycles. The number of nitrogens with one attached hydrogen (secondary N) is 1. The van der Waals surface area contributed by atoms with Gasteiger partial charge >= 0.3 is 0 Å². The van der Waals surface area contributed by atoms with Crippen molar-refractivity contribution in [2.24, 2.45) is 11.8 Å². The molecule has 0 aromatic carbocycles. The summed E-state index contributed by atoms with van der Waals surface area (Å²) in [5, 5.41) is 3.54. The highest BCUT2D eigenvalue weighted by atomic mass is 14.8. The van der Waals surface area contributed by atoms with E-state index >= 15 is 0 Å². The van der Waals surface area contributed by atoms with Crippen molar-refractivity contribution in [2.45, 2.75) is 105 Å². The van der Waals surface area contributed by atoms with E-state index in [2.05, 4.69) is 33.0 Å². The molecule has 0 radical (unpaired) electrons. The number of hydrogen-bond donors (Lipinski definition) is 1. The minimum Gasteiger partial charge on any atom is -0.317 e. The molecule has 0 amide bonds. The number of unbranched alkanes of at least 4 members (excludes halogenated alkanes) is 9. The van der Waals surface area contributed by atoms with Crippen LogP contribution in [0.3, 0.4) is 0 Å². The maximum Gasteiger partial charge on any atom is -0.00205 e. The molecule has 0 bridgehead atoms. The second kappa shape index (κ2) is 16.3. The van der Waals surface area contributed by atoms with Crippen molar-refractivity contribution in [3.05, 3.63) is 0 Å². The second-order valence-electron chi connectivity index (χ2n) is 7.27. The number of rotatable bonds is 16.